The number of carbonyl (C=O) groups excluding carboxylic acids is 1. The number of anilines is 2. The molecule has 0 aromatic heterocycles. The summed E-state index contributed by atoms with van der Waals surface area (Å²) in [4.78, 5) is 33.3. The number of ether oxygens (including phenoxy) is 2. The van der Waals surface area contributed by atoms with Crippen LogP contribution < -0.4 is 25.4 Å². The summed E-state index contributed by atoms with van der Waals surface area (Å²) in [5.41, 5.74) is 3.77. The van der Waals surface area contributed by atoms with Crippen LogP contribution in [0.3, 0.4) is 0 Å². The van der Waals surface area contributed by atoms with Gasteiger partial charge in [0.25, 0.3) is 5.91 Å². The lowest BCUT2D eigenvalue weighted by Crippen LogP contribution is -2.29. The molecule has 0 heterocycles. The Morgan fingerprint density at radius 1 is 0.655 bits per heavy atom. The zero-order chi connectivity index (χ0) is 41.1. The lowest BCUT2D eigenvalue weighted by Gasteiger charge is -2.16. The van der Waals surface area contributed by atoms with Gasteiger partial charge in [-0.3, -0.25) is 14.4 Å². The standard InChI is InChI=1S/C20H21Cl2FN2O4.C19H20Cl2FNO3/c1-10(2)25-16-5-11(3)4-13(18(16)23)9-29-19-14(21)6-12(7-15(19)22)20(28)24-8-17(26)27;1-10(2)23-16-5-11(3)4-13(18(16)22)9-26-19-14(20)6-12(7-15(19)21)8-17(24)25/h4-7,10,25H,8-9H2,1-3H3,(H,24,28)(H,26,27);4-7,10,23H,8-9H2,1-3H3,(H,24,25). The number of amides is 1. The van der Waals surface area contributed by atoms with Crippen molar-refractivity contribution in [3.8, 4) is 11.5 Å². The Balaban J connectivity index is 0.000000297. The van der Waals surface area contributed by atoms with E-state index in [1.54, 1.807) is 24.3 Å². The van der Waals surface area contributed by atoms with Crippen molar-refractivity contribution in [2.75, 3.05) is 17.2 Å². The van der Waals surface area contributed by atoms with E-state index in [2.05, 4.69) is 16.0 Å². The number of hydrogen-bond donors (Lipinski definition) is 5. The zero-order valence-corrected chi connectivity index (χ0v) is 33.8. The van der Waals surface area contributed by atoms with E-state index in [-0.39, 0.29) is 74.7 Å². The molecular weight excluding hydrogens is 802 g/mol. The monoisotopic (exact) mass is 841 g/mol. The van der Waals surface area contributed by atoms with Crippen molar-refractivity contribution in [1.29, 1.82) is 0 Å². The number of halogens is 6. The number of nitrogens with one attached hydrogen (secondary N) is 3. The Hall–Kier alpha value is -4.49. The van der Waals surface area contributed by atoms with Crippen molar-refractivity contribution in [2.24, 2.45) is 0 Å². The number of hydrogen-bond acceptors (Lipinski definition) is 7. The molecule has 0 aliphatic carbocycles. The average molecular weight is 844 g/mol. The van der Waals surface area contributed by atoms with Crippen molar-refractivity contribution < 1.29 is 42.9 Å². The van der Waals surface area contributed by atoms with E-state index in [4.69, 9.17) is 66.1 Å². The highest BCUT2D eigenvalue weighted by Gasteiger charge is 2.18. The first-order valence-corrected chi connectivity index (χ1v) is 18.3. The molecule has 0 aliphatic heterocycles. The van der Waals surface area contributed by atoms with Gasteiger partial charge in [-0.25, -0.2) is 8.78 Å². The summed E-state index contributed by atoms with van der Waals surface area (Å²) in [6, 6.07) is 12.5. The second kappa shape index (κ2) is 20.4. The van der Waals surface area contributed by atoms with Gasteiger partial charge in [0, 0.05) is 28.8 Å². The second-order valence-corrected chi connectivity index (χ2v) is 14.7. The minimum Gasteiger partial charge on any atom is -0.486 e. The molecule has 0 bridgehead atoms. The van der Waals surface area contributed by atoms with Crippen LogP contribution in [-0.4, -0.2) is 46.7 Å². The second-order valence-electron chi connectivity index (χ2n) is 13.1. The van der Waals surface area contributed by atoms with E-state index >= 15 is 0 Å². The van der Waals surface area contributed by atoms with Crippen molar-refractivity contribution in [2.45, 2.75) is 73.3 Å². The smallest absolute Gasteiger partial charge is 0.322 e. The Morgan fingerprint density at radius 3 is 1.42 bits per heavy atom. The summed E-state index contributed by atoms with van der Waals surface area (Å²) in [6.45, 7) is 10.7. The van der Waals surface area contributed by atoms with E-state index < -0.39 is 30.2 Å². The number of aliphatic carboxylic acids is 2. The van der Waals surface area contributed by atoms with Crippen LogP contribution in [0.15, 0.2) is 48.5 Å². The molecule has 55 heavy (non-hydrogen) atoms. The number of carboxylic acid groups (broad SMARTS) is 2. The SMILES string of the molecule is Cc1cc(COc2c(Cl)cc(C(=O)NCC(=O)O)cc2Cl)c(F)c(NC(C)C)c1.Cc1cc(COc2c(Cl)cc(CC(=O)O)cc2Cl)c(F)c(NC(C)C)c1. The number of carbonyl (C=O) groups is 3. The van der Waals surface area contributed by atoms with Crippen molar-refractivity contribution in [1.82, 2.24) is 5.32 Å². The van der Waals surface area contributed by atoms with Gasteiger partial charge >= 0.3 is 11.9 Å². The van der Waals surface area contributed by atoms with Crippen molar-refractivity contribution >= 4 is 75.6 Å². The third-order valence-electron chi connectivity index (χ3n) is 7.29. The molecule has 5 N–H and O–H groups in total. The normalized spacial score (nSPS) is 10.8. The molecule has 0 radical (unpaired) electrons. The fraction of sp³-hybridized carbons (Fsp3) is 0.308. The summed E-state index contributed by atoms with van der Waals surface area (Å²) in [5.74, 6) is -3.33. The summed E-state index contributed by atoms with van der Waals surface area (Å²) in [6.07, 6.45) is -0.198. The molecule has 0 unspecified atom stereocenters. The Labute approximate surface area is 338 Å². The fourth-order valence-electron chi connectivity index (χ4n) is 5.14. The molecule has 0 aliphatic rings. The minimum atomic E-state index is -1.18. The molecule has 296 valence electrons. The van der Waals surface area contributed by atoms with Crippen molar-refractivity contribution in [3.63, 3.8) is 0 Å². The van der Waals surface area contributed by atoms with Gasteiger partial charge in [-0.1, -0.05) is 46.4 Å². The first-order chi connectivity index (χ1) is 25.7. The largest absolute Gasteiger partial charge is 0.486 e. The maximum absolute atomic E-state index is 14.7. The minimum absolute atomic E-state index is 0.0477. The lowest BCUT2D eigenvalue weighted by molar-refractivity contribution is -0.137. The van der Waals surface area contributed by atoms with Crippen molar-refractivity contribution in [3.05, 3.63) is 114 Å². The van der Waals surface area contributed by atoms with E-state index in [9.17, 15) is 23.2 Å². The highest BCUT2D eigenvalue weighted by Crippen LogP contribution is 2.37. The van der Waals surface area contributed by atoms with E-state index in [1.807, 2.05) is 41.5 Å². The van der Waals surface area contributed by atoms with Gasteiger partial charge in [0.1, 0.15) is 19.8 Å². The Bertz CT molecular complexity index is 2000. The van der Waals surface area contributed by atoms with Crippen LogP contribution in [0, 0.1) is 25.5 Å². The molecule has 4 aromatic rings. The maximum atomic E-state index is 14.7. The van der Waals surface area contributed by atoms with Gasteiger partial charge < -0.3 is 35.6 Å². The van der Waals surface area contributed by atoms with E-state index in [1.165, 1.54) is 24.3 Å². The summed E-state index contributed by atoms with van der Waals surface area (Å²) >= 11 is 24.6. The average Bonchev–Trinajstić information content (AvgIpc) is 3.06. The van der Waals surface area contributed by atoms with Crippen LogP contribution >= 0.6 is 46.4 Å². The predicted molar refractivity (Wildman–Crippen MR) is 213 cm³/mol. The molecule has 1 amide bonds. The molecule has 0 atom stereocenters. The number of carboxylic acids is 2. The van der Waals surface area contributed by atoms with Crippen LogP contribution in [-0.2, 0) is 29.2 Å². The number of benzene rings is 4. The highest BCUT2D eigenvalue weighted by atomic mass is 35.5. The summed E-state index contributed by atoms with van der Waals surface area (Å²) in [7, 11) is 0. The maximum Gasteiger partial charge on any atom is 0.322 e. The Kier molecular flexibility index (Phi) is 16.7. The van der Waals surface area contributed by atoms with Crippen LogP contribution in [0.25, 0.3) is 0 Å². The fourth-order valence-corrected chi connectivity index (χ4v) is 6.38. The zero-order valence-electron chi connectivity index (χ0n) is 30.8. The van der Waals surface area contributed by atoms with E-state index in [0.717, 1.165) is 11.1 Å². The van der Waals surface area contributed by atoms with Crippen LogP contribution in [0.1, 0.15) is 65.9 Å². The van der Waals surface area contributed by atoms with Crippen LogP contribution in [0.4, 0.5) is 20.2 Å². The molecule has 0 fully saturated rings. The van der Waals surface area contributed by atoms with Gasteiger partial charge in [0.05, 0.1) is 37.9 Å². The highest BCUT2D eigenvalue weighted by molar-refractivity contribution is 6.38. The molecule has 4 rings (SSSR count). The third kappa shape index (κ3) is 13.6. The van der Waals surface area contributed by atoms with Gasteiger partial charge in [-0.15, -0.1) is 0 Å². The number of rotatable bonds is 15. The quantitative estimate of drug-likeness (QED) is 0.0789. The van der Waals surface area contributed by atoms with Gasteiger partial charge in [-0.2, -0.15) is 0 Å². The molecule has 0 spiro atoms. The molecule has 0 saturated heterocycles. The van der Waals surface area contributed by atoms with Gasteiger partial charge in [0.15, 0.2) is 23.1 Å². The topological polar surface area (TPSA) is 146 Å². The molecular formula is C39H41Cl4F2N3O7. The summed E-state index contributed by atoms with van der Waals surface area (Å²) < 4.78 is 40.6. The predicted octanol–water partition coefficient (Wildman–Crippen LogP) is 10.1. The third-order valence-corrected chi connectivity index (χ3v) is 8.41. The molecule has 10 nitrogen and oxygen atoms in total. The number of aryl methyl sites for hydroxylation is 2. The molecule has 16 heteroatoms. The first-order valence-electron chi connectivity index (χ1n) is 16.8. The summed E-state index contributed by atoms with van der Waals surface area (Å²) in [5, 5.41) is 26.3. The van der Waals surface area contributed by atoms with Crippen LogP contribution in [0.2, 0.25) is 20.1 Å². The first kappa shape index (κ1) is 44.9. The van der Waals surface area contributed by atoms with Gasteiger partial charge in [0.2, 0.25) is 0 Å². The van der Waals surface area contributed by atoms with Crippen LogP contribution in [0.5, 0.6) is 11.5 Å². The molecule has 4 aromatic carbocycles. The van der Waals surface area contributed by atoms with E-state index in [0.29, 0.717) is 28.1 Å². The Morgan fingerprint density at radius 2 is 1.05 bits per heavy atom. The van der Waals surface area contributed by atoms with Gasteiger partial charge in [-0.05, 0) is 107 Å². The lowest BCUT2D eigenvalue weighted by atomic mass is 10.1. The molecule has 0 saturated carbocycles.